The number of halogens is 2. The second kappa shape index (κ2) is 12.4. The van der Waals surface area contributed by atoms with Gasteiger partial charge < -0.3 is 10.2 Å². The van der Waals surface area contributed by atoms with Crippen LogP contribution in [0.5, 0.6) is 0 Å². The zero-order chi connectivity index (χ0) is 26.3. The van der Waals surface area contributed by atoms with Crippen molar-refractivity contribution < 1.29 is 22.4 Å². The van der Waals surface area contributed by atoms with Crippen LogP contribution < -0.4 is 9.62 Å². The van der Waals surface area contributed by atoms with Gasteiger partial charge in [0, 0.05) is 12.6 Å². The number of sulfonamides is 1. The normalized spacial score (nSPS) is 13.1. The highest BCUT2D eigenvalue weighted by Crippen LogP contribution is 2.25. The quantitative estimate of drug-likeness (QED) is 0.474. The van der Waals surface area contributed by atoms with E-state index < -0.39 is 34.3 Å². The maximum Gasteiger partial charge on any atom is 0.244 e. The molecule has 192 valence electrons. The van der Waals surface area contributed by atoms with E-state index in [2.05, 4.69) is 5.32 Å². The molecule has 2 aromatic carbocycles. The molecular formula is C25H33ClFN3O4S. The lowest BCUT2D eigenvalue weighted by atomic mass is 10.1. The Balaban J connectivity index is 2.46. The number of hydrogen-bond acceptors (Lipinski definition) is 4. The number of carbonyl (C=O) groups excluding carboxylic acids is 2. The van der Waals surface area contributed by atoms with Gasteiger partial charge in [0.2, 0.25) is 21.8 Å². The molecule has 0 aliphatic heterocycles. The standard InChI is InChI=1S/C25H33ClFN3O4S/c1-6-18(4)28-25(32)23(7-2)29(15-19-10-8-9-17(3)13-19)24(31)16-30(35(5,33)34)20-11-12-22(27)21(26)14-20/h8-14,18,23H,6-7,15-16H2,1-5H3,(H,28,32)/t18-,23-/m0/s1. The maximum absolute atomic E-state index is 13.7. The number of amides is 2. The maximum atomic E-state index is 13.7. The number of benzene rings is 2. The van der Waals surface area contributed by atoms with Crippen molar-refractivity contribution in [3.8, 4) is 0 Å². The van der Waals surface area contributed by atoms with Crippen LogP contribution in [0, 0.1) is 12.7 Å². The van der Waals surface area contributed by atoms with Gasteiger partial charge in [0.25, 0.3) is 0 Å². The summed E-state index contributed by atoms with van der Waals surface area (Å²) in [6, 6.07) is 10.1. The van der Waals surface area contributed by atoms with Crippen molar-refractivity contribution in [3.05, 3.63) is 64.4 Å². The summed E-state index contributed by atoms with van der Waals surface area (Å²) in [5.74, 6) is -1.58. The van der Waals surface area contributed by atoms with Crippen molar-refractivity contribution >= 4 is 39.1 Å². The van der Waals surface area contributed by atoms with E-state index >= 15 is 0 Å². The van der Waals surface area contributed by atoms with E-state index in [-0.39, 0.29) is 29.2 Å². The van der Waals surface area contributed by atoms with Gasteiger partial charge in [0.05, 0.1) is 17.0 Å². The first-order valence-electron chi connectivity index (χ1n) is 11.5. The van der Waals surface area contributed by atoms with Gasteiger partial charge in [-0.1, -0.05) is 55.3 Å². The van der Waals surface area contributed by atoms with Crippen molar-refractivity contribution in [1.29, 1.82) is 0 Å². The number of anilines is 1. The molecule has 2 rings (SSSR count). The van der Waals surface area contributed by atoms with E-state index in [9.17, 15) is 22.4 Å². The second-order valence-corrected chi connectivity index (χ2v) is 10.9. The molecule has 0 aromatic heterocycles. The first-order chi connectivity index (χ1) is 16.4. The van der Waals surface area contributed by atoms with Crippen LogP contribution in [0.4, 0.5) is 10.1 Å². The van der Waals surface area contributed by atoms with Crippen molar-refractivity contribution in [2.75, 3.05) is 17.1 Å². The van der Waals surface area contributed by atoms with Crippen LogP contribution in [0.2, 0.25) is 5.02 Å². The Bertz CT molecular complexity index is 1160. The lowest BCUT2D eigenvalue weighted by Crippen LogP contribution is -2.53. The van der Waals surface area contributed by atoms with Gasteiger partial charge in [-0.15, -0.1) is 0 Å². The summed E-state index contributed by atoms with van der Waals surface area (Å²) in [6.07, 6.45) is 2.01. The molecule has 0 aliphatic carbocycles. The second-order valence-electron chi connectivity index (χ2n) is 8.62. The summed E-state index contributed by atoms with van der Waals surface area (Å²) in [6.45, 7) is 7.09. The molecule has 0 unspecified atom stereocenters. The summed E-state index contributed by atoms with van der Waals surface area (Å²) in [5.41, 5.74) is 1.86. The van der Waals surface area contributed by atoms with Gasteiger partial charge in [-0.05, 0) is 50.5 Å². The smallest absolute Gasteiger partial charge is 0.244 e. The minimum atomic E-state index is -3.93. The predicted octanol–water partition coefficient (Wildman–Crippen LogP) is 4.28. The van der Waals surface area contributed by atoms with Crippen molar-refractivity contribution in [3.63, 3.8) is 0 Å². The van der Waals surface area contributed by atoms with Crippen LogP contribution in [0.25, 0.3) is 0 Å². The molecule has 0 spiro atoms. The fourth-order valence-electron chi connectivity index (χ4n) is 3.62. The van der Waals surface area contributed by atoms with Crippen LogP contribution in [0.1, 0.15) is 44.7 Å². The Labute approximate surface area is 212 Å². The van der Waals surface area contributed by atoms with E-state index in [4.69, 9.17) is 11.6 Å². The molecule has 10 heteroatoms. The summed E-state index contributed by atoms with van der Waals surface area (Å²) in [4.78, 5) is 28.1. The minimum absolute atomic E-state index is 0.0554. The van der Waals surface area contributed by atoms with E-state index in [0.717, 1.165) is 40.2 Å². The zero-order valence-electron chi connectivity index (χ0n) is 20.7. The number of carbonyl (C=O) groups is 2. The van der Waals surface area contributed by atoms with Crippen molar-refractivity contribution in [1.82, 2.24) is 10.2 Å². The Morgan fingerprint density at radius 1 is 1.11 bits per heavy atom. The highest BCUT2D eigenvalue weighted by molar-refractivity contribution is 7.92. The van der Waals surface area contributed by atoms with Crippen molar-refractivity contribution in [2.24, 2.45) is 0 Å². The number of rotatable bonds is 11. The molecule has 0 heterocycles. The van der Waals surface area contributed by atoms with Gasteiger partial charge in [-0.3, -0.25) is 13.9 Å². The third-order valence-electron chi connectivity index (χ3n) is 5.69. The molecule has 7 nitrogen and oxygen atoms in total. The highest BCUT2D eigenvalue weighted by Gasteiger charge is 2.32. The Morgan fingerprint density at radius 2 is 1.80 bits per heavy atom. The molecule has 0 saturated carbocycles. The summed E-state index contributed by atoms with van der Waals surface area (Å²) < 4.78 is 39.7. The summed E-state index contributed by atoms with van der Waals surface area (Å²) >= 11 is 5.86. The Morgan fingerprint density at radius 3 is 2.34 bits per heavy atom. The number of nitrogens with one attached hydrogen (secondary N) is 1. The fourth-order valence-corrected chi connectivity index (χ4v) is 4.64. The molecule has 2 aromatic rings. The molecule has 2 atom stereocenters. The van der Waals surface area contributed by atoms with Crippen molar-refractivity contribution in [2.45, 2.75) is 59.2 Å². The van der Waals surface area contributed by atoms with Crippen LogP contribution in [0.15, 0.2) is 42.5 Å². The van der Waals surface area contributed by atoms with Crippen LogP contribution in [0.3, 0.4) is 0 Å². The Hall–Kier alpha value is -2.65. The van der Waals surface area contributed by atoms with E-state index in [1.807, 2.05) is 45.0 Å². The summed E-state index contributed by atoms with van der Waals surface area (Å²) in [5, 5.41) is 2.65. The van der Waals surface area contributed by atoms with E-state index in [0.29, 0.717) is 6.42 Å². The lowest BCUT2D eigenvalue weighted by Gasteiger charge is -2.33. The average Bonchev–Trinajstić information content (AvgIpc) is 2.78. The van der Waals surface area contributed by atoms with E-state index in [1.54, 1.807) is 6.92 Å². The third kappa shape index (κ3) is 7.93. The summed E-state index contributed by atoms with van der Waals surface area (Å²) in [7, 11) is -3.93. The lowest BCUT2D eigenvalue weighted by molar-refractivity contribution is -0.140. The third-order valence-corrected chi connectivity index (χ3v) is 7.12. The number of aryl methyl sites for hydroxylation is 1. The molecule has 0 radical (unpaired) electrons. The van der Waals surface area contributed by atoms with Gasteiger partial charge in [0.15, 0.2) is 0 Å². The topological polar surface area (TPSA) is 86.8 Å². The van der Waals surface area contributed by atoms with Crippen LogP contribution in [-0.4, -0.2) is 50.0 Å². The van der Waals surface area contributed by atoms with Gasteiger partial charge in [-0.25, -0.2) is 12.8 Å². The van der Waals surface area contributed by atoms with Gasteiger partial charge in [-0.2, -0.15) is 0 Å². The molecule has 35 heavy (non-hydrogen) atoms. The SMILES string of the molecule is CC[C@H](C)NC(=O)[C@H](CC)N(Cc1cccc(C)c1)C(=O)CN(c1ccc(F)c(Cl)c1)S(C)(=O)=O. The monoisotopic (exact) mass is 525 g/mol. The molecule has 1 N–H and O–H groups in total. The average molecular weight is 526 g/mol. The first-order valence-corrected chi connectivity index (χ1v) is 13.7. The number of nitrogens with zero attached hydrogens (tertiary/aromatic N) is 2. The van der Waals surface area contributed by atoms with E-state index in [1.165, 1.54) is 11.0 Å². The molecule has 0 bridgehead atoms. The minimum Gasteiger partial charge on any atom is -0.352 e. The molecular weight excluding hydrogens is 493 g/mol. The first kappa shape index (κ1) is 28.6. The highest BCUT2D eigenvalue weighted by atomic mass is 35.5. The molecule has 0 saturated heterocycles. The predicted molar refractivity (Wildman–Crippen MR) is 137 cm³/mol. The van der Waals surface area contributed by atoms with Gasteiger partial charge in [0.1, 0.15) is 18.4 Å². The molecule has 2 amide bonds. The molecule has 0 aliphatic rings. The number of hydrogen-bond donors (Lipinski definition) is 1. The van der Waals surface area contributed by atoms with Crippen LogP contribution in [-0.2, 0) is 26.2 Å². The van der Waals surface area contributed by atoms with Gasteiger partial charge >= 0.3 is 0 Å². The van der Waals surface area contributed by atoms with Crippen LogP contribution >= 0.6 is 11.6 Å². The zero-order valence-corrected chi connectivity index (χ0v) is 22.3. The fraction of sp³-hybridized carbons (Fsp3) is 0.440. The Kier molecular flexibility index (Phi) is 10.1. The largest absolute Gasteiger partial charge is 0.352 e. The molecule has 0 fully saturated rings.